The number of hydrogen-bond donors (Lipinski definition) is 8. The van der Waals surface area contributed by atoms with Crippen molar-refractivity contribution in [1.82, 2.24) is 134 Å². The Labute approximate surface area is 864 Å². The van der Waals surface area contributed by atoms with Crippen LogP contribution in [0.4, 0.5) is 46.0 Å². The van der Waals surface area contributed by atoms with Crippen molar-refractivity contribution in [3.63, 3.8) is 0 Å². The van der Waals surface area contributed by atoms with E-state index in [1.807, 2.05) is 156 Å². The molecule has 1 atom stereocenters. The van der Waals surface area contributed by atoms with E-state index in [4.69, 9.17) is 85.5 Å². The molecule has 766 valence electrons. The normalized spacial score (nSPS) is 13.7. The smallest absolute Gasteiger partial charge is 0.326 e. The number of fused-ring (bicyclic) bond motifs is 8. The first-order chi connectivity index (χ1) is 72.1. The molecule has 8 aromatic carbocycles. The minimum atomic E-state index is -0.986. The second kappa shape index (κ2) is 46.6. The third kappa shape index (κ3) is 23.8. The zero-order valence-corrected chi connectivity index (χ0v) is 84.3. The zero-order valence-electron chi connectivity index (χ0n) is 82.1. The number of anilines is 7. The monoisotopic (exact) mass is 2080 g/mol. The average molecular weight is 2080 g/mol. The highest BCUT2D eigenvalue weighted by Crippen LogP contribution is 2.42. The van der Waals surface area contributed by atoms with Crippen LogP contribution < -0.4 is 41.3 Å². The van der Waals surface area contributed by atoms with Gasteiger partial charge in [-0.2, -0.15) is 69.6 Å². The molecule has 149 heavy (non-hydrogen) atoms. The number of nitrogen functional groups attached to an aromatic ring is 2. The van der Waals surface area contributed by atoms with Crippen molar-refractivity contribution in [3.05, 3.63) is 232 Å². The molecular formula is C99H103Cl3N36O11. The molecule has 4 aliphatic rings. The molecule has 15 heterocycles. The number of phenolic OH excluding ortho intramolecular Hbond substituents is 3. The van der Waals surface area contributed by atoms with Gasteiger partial charge in [-0.25, -0.2) is 24.9 Å². The number of carbonyl (C=O) groups excluding carboxylic acids is 3. The topological polar surface area (TPSA) is 572 Å². The molecule has 0 radical (unpaired) electrons. The van der Waals surface area contributed by atoms with Crippen LogP contribution in [0, 0.1) is 34.6 Å². The average Bonchev–Trinajstić information content (AvgIpc) is 1.63. The largest absolute Gasteiger partial charge is 0.508 e. The van der Waals surface area contributed by atoms with Gasteiger partial charge in [-0.05, 0) is 210 Å². The summed E-state index contributed by atoms with van der Waals surface area (Å²) in [6.45, 7) is 25.6. The second-order valence-corrected chi connectivity index (χ2v) is 35.4. The van der Waals surface area contributed by atoms with E-state index in [9.17, 15) is 34.5 Å². The number of nitrogens with two attached hydrogens (primary N) is 2. The van der Waals surface area contributed by atoms with E-state index in [2.05, 4.69) is 121 Å². The van der Waals surface area contributed by atoms with E-state index in [0.29, 0.717) is 137 Å². The van der Waals surface area contributed by atoms with Crippen LogP contribution in [-0.4, -0.2) is 272 Å². The number of phenols is 3. The van der Waals surface area contributed by atoms with Gasteiger partial charge in [0.2, 0.25) is 22.5 Å². The number of azo groups is 1. The molecule has 10 N–H and O–H groups in total. The Hall–Kier alpha value is -17.6. The number of H-pyrrole nitrogens is 1. The number of para-hydroxylation sites is 2. The third-order valence-electron chi connectivity index (χ3n) is 24.4. The number of piperazine rings is 3. The lowest BCUT2D eigenvalue weighted by molar-refractivity contribution is -0.144. The Morgan fingerprint density at radius 1 is 0.409 bits per heavy atom. The predicted molar refractivity (Wildman–Crippen MR) is 561 cm³/mol. The standard InChI is InChI=1S/C26H27N9O3.C24H23N9O3.C16H14ClN7O2.C10H14N2O.C9H8Cl2N4O2.C7H7N3.C7H10N2/c1-3-38-21(37)15-34-16-27-23-24(34)28-26(29-25(23)35-20-6-4-5-17(2)22(20)30-31-35)33-13-11-32(12-14-33)18-7-9-19(36)10-8-18;1-15-3-2-4-18-20(15)28-29-33(18)23-21-22(32(14-25-21)13-19(35)36)26-24(27-23)31-11-9-30(10-12-31)16-5-7-17(34)8-6-16;1-3-26-11(25)7-23-8-18-13-14(23)19-16(17)20-15(13)24-10-6-4-5-9(2)12(10)21-22-24;13-10-3-1-9(2-4-10)12-7-5-11-6-8-12;1-2-17-5(16)3-4-6-7(15-14-4)8(10)13-9(11)12-6;1-5-3-2-4-6-7(5)9-10-8-6;1-5-3-2-4-6(8)7(5)9/h4-10,16,36H,3,11-15H2,1-2H3;2-8,14,34H,9-13H2,1H3,(H,35,36);4-6,8H,3,7H2,1-2H3;1-4,11,13H,5-8H2;4H,2-3H2,1H3;2-4H,1H3,(H,8,9,10);2-4H,8-9H2,1H3. The number of halogens is 3. The number of esters is 3. The molecule has 4 aliphatic heterocycles. The van der Waals surface area contributed by atoms with Crippen LogP contribution in [-0.2, 0) is 53.0 Å². The molecule has 0 aliphatic carbocycles. The van der Waals surface area contributed by atoms with Crippen LogP contribution in [0.1, 0.15) is 66.7 Å². The summed E-state index contributed by atoms with van der Waals surface area (Å²) < 4.78 is 24.6. The Morgan fingerprint density at radius 2 is 0.792 bits per heavy atom. The highest BCUT2D eigenvalue weighted by atomic mass is 35.5. The van der Waals surface area contributed by atoms with Crippen molar-refractivity contribution < 1.29 is 53.8 Å². The first-order valence-corrected chi connectivity index (χ1v) is 48.6. The van der Waals surface area contributed by atoms with Gasteiger partial charge in [-0.3, -0.25) is 19.2 Å². The molecular weight excluding hydrogens is 1980 g/mol. The molecule has 1 unspecified atom stereocenters. The fourth-order valence-electron chi connectivity index (χ4n) is 16.8. The minimum Gasteiger partial charge on any atom is -0.508 e. The van der Waals surface area contributed by atoms with Crippen molar-refractivity contribution in [2.24, 2.45) is 10.2 Å². The number of nitrogens with zero attached hydrogens (tertiary/aromatic N) is 32. The van der Waals surface area contributed by atoms with Crippen molar-refractivity contribution in [1.29, 1.82) is 0 Å². The number of aryl methyl sites for hydroxylation is 5. The van der Waals surface area contributed by atoms with Crippen molar-refractivity contribution in [2.45, 2.75) is 87.5 Å². The first-order valence-electron chi connectivity index (χ1n) is 47.4. The third-order valence-corrected chi connectivity index (χ3v) is 25.0. The highest BCUT2D eigenvalue weighted by Gasteiger charge is 2.32. The number of ether oxygens (including phenoxy) is 3. The maximum absolute atomic E-state index is 12.3. The lowest BCUT2D eigenvalue weighted by atomic mass is 10.1. The van der Waals surface area contributed by atoms with Crippen molar-refractivity contribution in [2.75, 3.05) is 134 Å². The number of benzene rings is 8. The van der Waals surface area contributed by atoms with E-state index in [1.165, 1.54) is 22.9 Å². The number of hydrogen-bond acceptors (Lipinski definition) is 39. The maximum atomic E-state index is 12.3. The Bertz CT molecular complexity index is 8040. The highest BCUT2D eigenvalue weighted by molar-refractivity contribution is 6.33. The number of aliphatic carboxylic acids is 1. The summed E-state index contributed by atoms with van der Waals surface area (Å²) in [5, 5.41) is 85.3. The van der Waals surface area contributed by atoms with Gasteiger partial charge in [0.1, 0.15) is 81.9 Å². The molecule has 3 fully saturated rings. The summed E-state index contributed by atoms with van der Waals surface area (Å²) in [6.07, 6.45) is 4.61. The van der Waals surface area contributed by atoms with Gasteiger partial charge in [0.15, 0.2) is 56.1 Å². The maximum Gasteiger partial charge on any atom is 0.326 e. The van der Waals surface area contributed by atoms with E-state index in [-0.39, 0.29) is 71.2 Å². The number of carboxylic acid groups (broad SMARTS) is 1. The van der Waals surface area contributed by atoms with E-state index >= 15 is 0 Å². The number of aromatic nitrogens is 26. The number of aromatic hydroxyl groups is 3. The molecule has 0 spiro atoms. The van der Waals surface area contributed by atoms with Gasteiger partial charge < -0.3 is 89.6 Å². The quantitative estimate of drug-likeness (QED) is 0.0122. The fourth-order valence-corrected chi connectivity index (χ4v) is 17.4. The number of aromatic amines is 1. The van der Waals surface area contributed by atoms with Gasteiger partial charge >= 0.3 is 23.9 Å². The first kappa shape index (κ1) is 103. The lowest BCUT2D eigenvalue weighted by Gasteiger charge is -2.36. The molecule has 3 saturated heterocycles. The number of rotatable bonds is 19. The summed E-state index contributed by atoms with van der Waals surface area (Å²) in [4.78, 5) is 107. The molecule has 0 bridgehead atoms. The minimum absolute atomic E-state index is 0.00786. The number of imidazole rings is 3. The van der Waals surface area contributed by atoms with Crippen LogP contribution >= 0.6 is 34.8 Å². The number of nitrogens with one attached hydrogen (secondary N) is 2. The molecule has 0 saturated carbocycles. The Morgan fingerprint density at radius 3 is 1.21 bits per heavy atom. The van der Waals surface area contributed by atoms with Gasteiger partial charge in [0.25, 0.3) is 0 Å². The molecule has 19 aromatic rings. The van der Waals surface area contributed by atoms with Crippen molar-refractivity contribution >= 4 is 182 Å². The van der Waals surface area contributed by atoms with E-state index in [0.717, 1.165) is 136 Å². The fraction of sp³-hybridized carbons (Fsp3) is 0.283. The van der Waals surface area contributed by atoms with Crippen LogP contribution in [0.3, 0.4) is 0 Å². The summed E-state index contributed by atoms with van der Waals surface area (Å²) in [7, 11) is 0. The van der Waals surface area contributed by atoms with Gasteiger partial charge in [0, 0.05) is 95.6 Å². The van der Waals surface area contributed by atoms with E-state index in [1.54, 1.807) is 92.7 Å². The lowest BCUT2D eigenvalue weighted by Crippen LogP contribution is -2.47. The molecule has 23 rings (SSSR count). The second-order valence-electron chi connectivity index (χ2n) is 34.3. The summed E-state index contributed by atoms with van der Waals surface area (Å²) in [6, 6.07) is 50.3. The Kier molecular flexibility index (Phi) is 32.2. The Balaban J connectivity index is 0.000000125. The summed E-state index contributed by atoms with van der Waals surface area (Å²) >= 11 is 17.6. The van der Waals surface area contributed by atoms with Gasteiger partial charge in [-0.1, -0.05) is 87.9 Å². The number of carboxylic acids is 1. The van der Waals surface area contributed by atoms with Crippen LogP contribution in [0.25, 0.3) is 95.1 Å². The molecule has 11 aromatic heterocycles. The zero-order chi connectivity index (χ0) is 105. The molecule has 50 heteroatoms. The van der Waals surface area contributed by atoms with E-state index < -0.39 is 12.0 Å². The SMILES string of the molecule is CCOC(=O)CC1N=Nc2c(Cl)nc(Cl)nc21.CCOC(=O)Cn1cnc2c(-n3nnc4c(C)cccc43)nc(Cl)nc21.CCOC(=O)Cn1cnc2c(-n3nnc4c(C)cccc43)nc(N3CCN(c4ccc(O)cc4)CC3)nc21.Cc1cccc(N)c1N.Cc1cccc2c1nnn2-c1nc(N2CCN(c3ccc(O)cc3)CC2)nc2c1ncn2CC(=O)O.Cc1cccc2n[nH]nc12.Oc1ccc(N2CCNCC2)cc1. The number of carbonyl (C=O) groups is 4. The van der Waals surface area contributed by atoms with Gasteiger partial charge in [0.05, 0.1) is 73.1 Å². The van der Waals surface area contributed by atoms with Crippen molar-refractivity contribution in [3.8, 4) is 34.7 Å². The molecule has 0 amide bonds. The summed E-state index contributed by atoms with van der Waals surface area (Å²) in [5.41, 5.74) is 31.1. The van der Waals surface area contributed by atoms with Crippen LogP contribution in [0.5, 0.6) is 17.2 Å². The van der Waals surface area contributed by atoms with Crippen LogP contribution in [0.2, 0.25) is 15.7 Å². The molecule has 47 nitrogen and oxygen atoms in total. The van der Waals surface area contributed by atoms with Gasteiger partial charge in [-0.15, -0.1) is 15.3 Å². The predicted octanol–water partition coefficient (Wildman–Crippen LogP) is 12.6. The van der Waals surface area contributed by atoms with Crippen LogP contribution in [0.15, 0.2) is 193 Å². The summed E-state index contributed by atoms with van der Waals surface area (Å²) in [5.74, 6) is 1.08.